The summed E-state index contributed by atoms with van der Waals surface area (Å²) >= 11 is 0. The number of rotatable bonds is 9. The maximum atomic E-state index is 12.6. The first-order valence-corrected chi connectivity index (χ1v) is 15.9. The largest absolute Gasteiger partial charge is 0.449 e. The topological polar surface area (TPSA) is 138 Å². The molecule has 3 saturated heterocycles. The summed E-state index contributed by atoms with van der Waals surface area (Å²) in [5, 5.41) is 6.88. The van der Waals surface area contributed by atoms with Gasteiger partial charge in [0.05, 0.1) is 0 Å². The predicted molar refractivity (Wildman–Crippen MR) is 172 cm³/mol. The fraction of sp³-hybridized carbons (Fsp3) is 0.562. The number of ether oxygens (including phenoxy) is 1. The van der Waals surface area contributed by atoms with E-state index in [1.807, 2.05) is 6.07 Å². The normalized spacial score (nSPS) is 19.3. The Morgan fingerprint density at radius 2 is 1.75 bits per heavy atom. The lowest BCUT2D eigenvalue weighted by atomic mass is 10.00. The number of carbonyl (C=O) groups excluding carboxylic acids is 1. The molecule has 4 N–H and O–H groups in total. The van der Waals surface area contributed by atoms with E-state index in [-0.39, 0.29) is 11.7 Å². The van der Waals surface area contributed by atoms with Crippen LogP contribution >= 0.6 is 0 Å². The lowest BCUT2D eigenvalue weighted by Crippen LogP contribution is -2.52. The van der Waals surface area contributed by atoms with Crippen molar-refractivity contribution in [3.63, 3.8) is 0 Å². The van der Waals surface area contributed by atoms with E-state index in [1.165, 1.54) is 43.4 Å². The first-order chi connectivity index (χ1) is 21.4. The Morgan fingerprint density at radius 3 is 2.41 bits per heavy atom. The van der Waals surface area contributed by atoms with E-state index in [0.717, 1.165) is 51.1 Å². The van der Waals surface area contributed by atoms with E-state index in [1.54, 1.807) is 6.92 Å². The number of likely N-dealkylation sites (N-methyl/N-ethyl adjacent to an activating group) is 1. The number of carbonyl (C=O) groups is 1. The number of aryl methyl sites for hydroxylation is 2. The summed E-state index contributed by atoms with van der Waals surface area (Å²) in [6, 6.07) is 7.21. The Kier molecular flexibility index (Phi) is 9.29. The van der Waals surface area contributed by atoms with Gasteiger partial charge in [-0.1, -0.05) is 6.92 Å². The second-order valence-corrected chi connectivity index (χ2v) is 12.1. The summed E-state index contributed by atoms with van der Waals surface area (Å²) in [5.41, 5.74) is 10.1. The van der Waals surface area contributed by atoms with Gasteiger partial charge < -0.3 is 35.3 Å². The predicted octanol–water partition coefficient (Wildman–Crippen LogP) is 3.65. The SMILES string of the molecule is CCc1cc(Nc2nc(NC3CCOCC3)c(-c3coc(C)n3)nc2C(N)=O)ccc1N1CCC(N2CCN(C)CC2)CC1. The van der Waals surface area contributed by atoms with Gasteiger partial charge in [-0.05, 0) is 62.9 Å². The highest BCUT2D eigenvalue weighted by molar-refractivity contribution is 5.97. The maximum absolute atomic E-state index is 12.6. The summed E-state index contributed by atoms with van der Waals surface area (Å²) < 4.78 is 11.0. The molecule has 3 aromatic rings. The molecule has 3 aliphatic rings. The first-order valence-electron chi connectivity index (χ1n) is 15.9. The van der Waals surface area contributed by atoms with Gasteiger partial charge in [-0.15, -0.1) is 0 Å². The van der Waals surface area contributed by atoms with E-state index in [4.69, 9.17) is 19.9 Å². The first kappa shape index (κ1) is 30.3. The van der Waals surface area contributed by atoms with Crippen molar-refractivity contribution in [1.82, 2.24) is 24.8 Å². The fourth-order valence-corrected chi connectivity index (χ4v) is 6.53. The van der Waals surface area contributed by atoms with Crippen molar-refractivity contribution in [2.45, 2.75) is 58.0 Å². The lowest BCUT2D eigenvalue weighted by Gasteiger charge is -2.43. The number of primary amides is 1. The molecular weight excluding hydrogens is 558 g/mol. The molecule has 2 aromatic heterocycles. The van der Waals surface area contributed by atoms with E-state index in [9.17, 15) is 4.79 Å². The maximum Gasteiger partial charge on any atom is 0.271 e. The second kappa shape index (κ2) is 13.5. The summed E-state index contributed by atoms with van der Waals surface area (Å²) in [6.45, 7) is 12.1. The van der Waals surface area contributed by atoms with Crippen LogP contribution in [0.2, 0.25) is 0 Å². The third-order valence-electron chi connectivity index (χ3n) is 9.14. The molecule has 0 atom stereocenters. The molecule has 0 bridgehead atoms. The van der Waals surface area contributed by atoms with Crippen LogP contribution in [-0.2, 0) is 11.2 Å². The molecule has 1 amide bonds. The Labute approximate surface area is 259 Å². The zero-order chi connectivity index (χ0) is 30.6. The molecule has 0 radical (unpaired) electrons. The third-order valence-corrected chi connectivity index (χ3v) is 9.14. The van der Waals surface area contributed by atoms with E-state index >= 15 is 0 Å². The van der Waals surface area contributed by atoms with Crippen LogP contribution < -0.4 is 21.3 Å². The Hall–Kier alpha value is -3.74. The molecule has 1 aromatic carbocycles. The smallest absolute Gasteiger partial charge is 0.271 e. The number of anilines is 4. The minimum Gasteiger partial charge on any atom is -0.449 e. The van der Waals surface area contributed by atoms with Gasteiger partial charge in [0.15, 0.2) is 23.2 Å². The number of nitrogens with two attached hydrogens (primary N) is 1. The van der Waals surface area contributed by atoms with Gasteiger partial charge in [0.2, 0.25) is 0 Å². The summed E-state index contributed by atoms with van der Waals surface area (Å²) in [4.78, 5) is 34.2. The number of hydrogen-bond acceptors (Lipinski definition) is 11. The van der Waals surface area contributed by atoms with Crippen LogP contribution in [0.4, 0.5) is 23.0 Å². The van der Waals surface area contributed by atoms with E-state index in [0.29, 0.717) is 48.2 Å². The highest BCUT2D eigenvalue weighted by atomic mass is 16.5. The molecule has 12 heteroatoms. The monoisotopic (exact) mass is 603 g/mol. The summed E-state index contributed by atoms with van der Waals surface area (Å²) in [5.74, 6) is 0.652. The number of nitrogens with one attached hydrogen (secondary N) is 2. The van der Waals surface area contributed by atoms with Crippen molar-refractivity contribution in [3.05, 3.63) is 41.6 Å². The Balaban J connectivity index is 1.23. The van der Waals surface area contributed by atoms with Gasteiger partial charge in [0.1, 0.15) is 17.7 Å². The number of hydrogen-bond donors (Lipinski definition) is 3. The van der Waals surface area contributed by atoms with E-state index in [2.05, 4.69) is 61.4 Å². The number of aromatic nitrogens is 3. The minimum atomic E-state index is -0.672. The lowest BCUT2D eigenvalue weighted by molar-refractivity contribution is 0.0904. The molecule has 236 valence electrons. The van der Waals surface area contributed by atoms with Crippen molar-refractivity contribution in [2.75, 3.05) is 75.1 Å². The van der Waals surface area contributed by atoms with Gasteiger partial charge in [-0.25, -0.2) is 15.0 Å². The van der Waals surface area contributed by atoms with Gasteiger partial charge in [0.25, 0.3) is 5.91 Å². The van der Waals surface area contributed by atoms with Crippen LogP contribution in [-0.4, -0.2) is 102 Å². The molecule has 0 saturated carbocycles. The van der Waals surface area contributed by atoms with Gasteiger partial charge in [-0.3, -0.25) is 9.69 Å². The third kappa shape index (κ3) is 6.82. The molecule has 0 spiro atoms. The molecular formula is C32H45N9O3. The zero-order valence-electron chi connectivity index (χ0n) is 26.1. The number of benzene rings is 1. The fourth-order valence-electron chi connectivity index (χ4n) is 6.53. The number of nitrogens with zero attached hydrogens (tertiary/aromatic N) is 6. The molecule has 44 heavy (non-hydrogen) atoms. The van der Waals surface area contributed by atoms with Crippen LogP contribution in [0.1, 0.15) is 54.5 Å². The average Bonchev–Trinajstić information content (AvgIpc) is 3.48. The van der Waals surface area contributed by atoms with Crippen molar-refractivity contribution in [3.8, 4) is 11.4 Å². The summed E-state index contributed by atoms with van der Waals surface area (Å²) in [6.07, 6.45) is 6.46. The molecule has 6 rings (SSSR count). The van der Waals surface area contributed by atoms with E-state index < -0.39 is 5.91 Å². The molecule has 3 aliphatic heterocycles. The Morgan fingerprint density at radius 1 is 1.00 bits per heavy atom. The highest BCUT2D eigenvalue weighted by Gasteiger charge is 2.28. The van der Waals surface area contributed by atoms with Crippen molar-refractivity contribution in [2.24, 2.45) is 5.73 Å². The molecule has 3 fully saturated rings. The standard InChI is InChI=1S/C32H45N9O3/c1-4-22-19-24(5-6-27(22)41-11-7-25(8-12-41)40-15-13-39(3)14-16-40)36-32-29(30(33)42)37-28(26-20-44-21(2)34-26)31(38-32)35-23-9-17-43-18-10-23/h5-6,19-20,23,25H,4,7-18H2,1-3H3,(H2,33,42)(H2,35,36,38). The molecule has 0 aliphatic carbocycles. The van der Waals surface area contributed by atoms with Gasteiger partial charge >= 0.3 is 0 Å². The second-order valence-electron chi connectivity index (χ2n) is 12.1. The average molecular weight is 604 g/mol. The van der Waals surface area contributed by atoms with Gasteiger partial charge in [0, 0.05) is 82.9 Å². The quantitative estimate of drug-likeness (QED) is 0.330. The van der Waals surface area contributed by atoms with Crippen LogP contribution in [0, 0.1) is 6.92 Å². The minimum absolute atomic E-state index is 0.0475. The molecule has 12 nitrogen and oxygen atoms in total. The number of amides is 1. The van der Waals surface area contributed by atoms with Crippen molar-refractivity contribution in [1.29, 1.82) is 0 Å². The van der Waals surface area contributed by atoms with Crippen LogP contribution in [0.25, 0.3) is 11.4 Å². The van der Waals surface area contributed by atoms with Crippen LogP contribution in [0.15, 0.2) is 28.9 Å². The summed E-state index contributed by atoms with van der Waals surface area (Å²) in [7, 11) is 2.21. The number of piperidine rings is 1. The van der Waals surface area contributed by atoms with Crippen LogP contribution in [0.5, 0.6) is 0 Å². The van der Waals surface area contributed by atoms with Crippen molar-refractivity contribution < 1.29 is 13.9 Å². The Bertz CT molecular complexity index is 1440. The molecule has 5 heterocycles. The number of piperazine rings is 1. The van der Waals surface area contributed by atoms with Crippen molar-refractivity contribution >= 4 is 28.9 Å². The van der Waals surface area contributed by atoms with Crippen LogP contribution in [0.3, 0.4) is 0 Å². The molecule has 0 unspecified atom stereocenters. The van der Waals surface area contributed by atoms with Gasteiger partial charge in [-0.2, -0.15) is 0 Å². The zero-order valence-corrected chi connectivity index (χ0v) is 26.1. The highest BCUT2D eigenvalue weighted by Crippen LogP contribution is 2.33. The number of oxazole rings is 1.